The van der Waals surface area contributed by atoms with Gasteiger partial charge in [-0.25, -0.2) is 4.98 Å². The Bertz CT molecular complexity index is 556. The molecular weight excluding hydrogens is 228 g/mol. The van der Waals surface area contributed by atoms with Gasteiger partial charge in [0.25, 0.3) is 0 Å². The summed E-state index contributed by atoms with van der Waals surface area (Å²) in [6.07, 6.45) is 9.37. The maximum Gasteiger partial charge on any atom is 0.153 e. The highest BCUT2D eigenvalue weighted by Crippen LogP contribution is 2.18. The summed E-state index contributed by atoms with van der Waals surface area (Å²) in [6.45, 7) is 0.859. The van der Waals surface area contributed by atoms with Crippen LogP contribution in [-0.4, -0.2) is 28.4 Å². The molecule has 3 heterocycles. The van der Waals surface area contributed by atoms with Crippen molar-refractivity contribution >= 4 is 11.9 Å². The number of rotatable bonds is 3. The van der Waals surface area contributed by atoms with E-state index in [1.807, 2.05) is 22.9 Å². The Balaban J connectivity index is 1.86. The zero-order valence-electron chi connectivity index (χ0n) is 10.2. The van der Waals surface area contributed by atoms with Gasteiger partial charge in [-0.15, -0.1) is 0 Å². The lowest BCUT2D eigenvalue weighted by molar-refractivity contribution is 0.0163. The van der Waals surface area contributed by atoms with Gasteiger partial charge in [-0.3, -0.25) is 4.79 Å². The molecule has 1 aliphatic rings. The fourth-order valence-electron chi connectivity index (χ4n) is 2.48. The Kier molecular flexibility index (Phi) is 3.11. The molecule has 1 saturated heterocycles. The van der Waals surface area contributed by atoms with E-state index in [0.29, 0.717) is 5.56 Å². The highest BCUT2D eigenvalue weighted by molar-refractivity contribution is 5.84. The molecule has 2 aromatic rings. The van der Waals surface area contributed by atoms with Crippen molar-refractivity contribution in [2.45, 2.75) is 31.8 Å². The van der Waals surface area contributed by atoms with E-state index in [9.17, 15) is 4.79 Å². The molecule has 3 rings (SSSR count). The van der Waals surface area contributed by atoms with Crippen molar-refractivity contribution in [2.24, 2.45) is 0 Å². The van der Waals surface area contributed by atoms with E-state index in [-0.39, 0.29) is 6.10 Å². The van der Waals surface area contributed by atoms with E-state index in [1.54, 1.807) is 6.07 Å². The van der Waals surface area contributed by atoms with Gasteiger partial charge in [0.15, 0.2) is 6.29 Å². The summed E-state index contributed by atoms with van der Waals surface area (Å²) in [5.41, 5.74) is 2.36. The third-order valence-corrected chi connectivity index (χ3v) is 3.40. The maximum atomic E-state index is 10.9. The molecule has 1 unspecified atom stereocenters. The number of fused-ring (bicyclic) bond motifs is 1. The Morgan fingerprint density at radius 2 is 2.44 bits per heavy atom. The second-order valence-corrected chi connectivity index (χ2v) is 4.74. The average Bonchev–Trinajstić information content (AvgIpc) is 2.82. The number of carbonyl (C=O) groups is 1. The number of hydrogen-bond acceptors (Lipinski definition) is 3. The predicted molar refractivity (Wildman–Crippen MR) is 67.9 cm³/mol. The summed E-state index contributed by atoms with van der Waals surface area (Å²) in [4.78, 5) is 15.5. The standard InChI is InChI=1S/C14H16N2O2/c17-10-11-4-3-6-16-9-12(15-14(11)16)8-13-5-1-2-7-18-13/h3-4,6,9-10,13H,1-2,5,7-8H2. The van der Waals surface area contributed by atoms with Crippen molar-refractivity contribution < 1.29 is 9.53 Å². The molecule has 4 nitrogen and oxygen atoms in total. The van der Waals surface area contributed by atoms with Crippen LogP contribution in [0.5, 0.6) is 0 Å². The quantitative estimate of drug-likeness (QED) is 0.778. The summed E-state index contributed by atoms with van der Waals surface area (Å²) >= 11 is 0. The minimum Gasteiger partial charge on any atom is -0.378 e. The molecule has 1 atom stereocenters. The van der Waals surface area contributed by atoms with Crippen LogP contribution < -0.4 is 0 Å². The number of imidazole rings is 1. The summed E-state index contributed by atoms with van der Waals surface area (Å²) in [5, 5.41) is 0. The fourth-order valence-corrected chi connectivity index (χ4v) is 2.48. The van der Waals surface area contributed by atoms with E-state index in [2.05, 4.69) is 4.98 Å². The molecule has 1 aliphatic heterocycles. The molecule has 0 N–H and O–H groups in total. The minimum absolute atomic E-state index is 0.281. The van der Waals surface area contributed by atoms with Crippen LogP contribution in [0.3, 0.4) is 0 Å². The second-order valence-electron chi connectivity index (χ2n) is 4.74. The third kappa shape index (κ3) is 2.16. The average molecular weight is 244 g/mol. The molecule has 94 valence electrons. The second kappa shape index (κ2) is 4.90. The van der Waals surface area contributed by atoms with E-state index in [4.69, 9.17) is 4.74 Å². The topological polar surface area (TPSA) is 43.6 Å². The Morgan fingerprint density at radius 3 is 3.22 bits per heavy atom. The first-order valence-electron chi connectivity index (χ1n) is 6.40. The molecule has 2 aromatic heterocycles. The lowest BCUT2D eigenvalue weighted by atomic mass is 10.1. The van der Waals surface area contributed by atoms with Gasteiger partial charge in [-0.1, -0.05) is 0 Å². The highest BCUT2D eigenvalue weighted by Gasteiger charge is 2.16. The van der Waals surface area contributed by atoms with E-state index in [0.717, 1.165) is 43.5 Å². The Morgan fingerprint density at radius 1 is 1.50 bits per heavy atom. The molecule has 0 amide bonds. The SMILES string of the molecule is O=Cc1cccn2cc(CC3CCCCO3)nc12. The number of pyridine rings is 1. The summed E-state index contributed by atoms with van der Waals surface area (Å²) in [7, 11) is 0. The van der Waals surface area contributed by atoms with Crippen LogP contribution in [0.25, 0.3) is 5.65 Å². The smallest absolute Gasteiger partial charge is 0.153 e. The highest BCUT2D eigenvalue weighted by atomic mass is 16.5. The molecule has 0 bridgehead atoms. The lowest BCUT2D eigenvalue weighted by Gasteiger charge is -2.21. The van der Waals surface area contributed by atoms with Crippen LogP contribution >= 0.6 is 0 Å². The molecule has 4 heteroatoms. The van der Waals surface area contributed by atoms with Gasteiger partial charge in [0.05, 0.1) is 17.4 Å². The lowest BCUT2D eigenvalue weighted by Crippen LogP contribution is -2.21. The van der Waals surface area contributed by atoms with E-state index < -0.39 is 0 Å². The van der Waals surface area contributed by atoms with Gasteiger partial charge in [0, 0.05) is 25.4 Å². The van der Waals surface area contributed by atoms with Gasteiger partial charge in [-0.2, -0.15) is 0 Å². The van der Waals surface area contributed by atoms with Crippen molar-refractivity contribution in [1.29, 1.82) is 0 Å². The van der Waals surface area contributed by atoms with Gasteiger partial charge < -0.3 is 9.14 Å². The largest absolute Gasteiger partial charge is 0.378 e. The Labute approximate surface area is 106 Å². The van der Waals surface area contributed by atoms with Crippen molar-refractivity contribution in [1.82, 2.24) is 9.38 Å². The van der Waals surface area contributed by atoms with Gasteiger partial charge in [0.1, 0.15) is 5.65 Å². The minimum atomic E-state index is 0.281. The first-order chi connectivity index (χ1) is 8.86. The van der Waals surface area contributed by atoms with Crippen LogP contribution in [0.1, 0.15) is 35.3 Å². The molecule has 0 saturated carbocycles. The van der Waals surface area contributed by atoms with Crippen molar-refractivity contribution in [3.8, 4) is 0 Å². The number of nitrogens with zero attached hydrogens (tertiary/aromatic N) is 2. The molecule has 1 fully saturated rings. The summed E-state index contributed by atoms with van der Waals surface area (Å²) in [6, 6.07) is 3.65. The molecule has 0 aromatic carbocycles. The predicted octanol–water partition coefficient (Wildman–Crippen LogP) is 2.26. The number of hydrogen-bond donors (Lipinski definition) is 0. The molecule has 0 aliphatic carbocycles. The van der Waals surface area contributed by atoms with E-state index >= 15 is 0 Å². The number of carbonyl (C=O) groups excluding carboxylic acids is 1. The zero-order chi connectivity index (χ0) is 12.4. The van der Waals surface area contributed by atoms with Crippen molar-refractivity contribution in [3.63, 3.8) is 0 Å². The number of aldehydes is 1. The van der Waals surface area contributed by atoms with Gasteiger partial charge in [-0.05, 0) is 31.4 Å². The van der Waals surface area contributed by atoms with Gasteiger partial charge in [0.2, 0.25) is 0 Å². The van der Waals surface area contributed by atoms with Crippen LogP contribution in [0, 0.1) is 0 Å². The summed E-state index contributed by atoms with van der Waals surface area (Å²) in [5.74, 6) is 0. The molecule has 0 spiro atoms. The molecule has 18 heavy (non-hydrogen) atoms. The summed E-state index contributed by atoms with van der Waals surface area (Å²) < 4.78 is 7.62. The first-order valence-corrected chi connectivity index (χ1v) is 6.40. The van der Waals surface area contributed by atoms with Crippen LogP contribution in [-0.2, 0) is 11.2 Å². The third-order valence-electron chi connectivity index (χ3n) is 3.40. The van der Waals surface area contributed by atoms with Crippen LogP contribution in [0.15, 0.2) is 24.5 Å². The van der Waals surface area contributed by atoms with Gasteiger partial charge >= 0.3 is 0 Å². The Hall–Kier alpha value is -1.68. The number of ether oxygens (including phenoxy) is 1. The molecule has 0 radical (unpaired) electrons. The van der Waals surface area contributed by atoms with E-state index in [1.165, 1.54) is 6.42 Å². The van der Waals surface area contributed by atoms with Crippen LogP contribution in [0.2, 0.25) is 0 Å². The fraction of sp³-hybridized carbons (Fsp3) is 0.429. The number of aromatic nitrogens is 2. The monoisotopic (exact) mass is 244 g/mol. The molecular formula is C14H16N2O2. The zero-order valence-corrected chi connectivity index (χ0v) is 10.2. The van der Waals surface area contributed by atoms with Crippen LogP contribution in [0.4, 0.5) is 0 Å². The maximum absolute atomic E-state index is 10.9. The van der Waals surface area contributed by atoms with Crippen molar-refractivity contribution in [2.75, 3.05) is 6.61 Å². The van der Waals surface area contributed by atoms with Crippen molar-refractivity contribution in [3.05, 3.63) is 35.8 Å². The normalized spacial score (nSPS) is 20.1. The first kappa shape index (κ1) is 11.4.